The zero-order valence-corrected chi connectivity index (χ0v) is 12.6. The summed E-state index contributed by atoms with van der Waals surface area (Å²) in [6, 6.07) is 4.60. The van der Waals surface area contributed by atoms with Gasteiger partial charge in [0, 0.05) is 28.1 Å². The molecule has 2 aromatic heterocycles. The zero-order chi connectivity index (χ0) is 16.7. The van der Waals surface area contributed by atoms with Crippen LogP contribution in [0.2, 0.25) is 0 Å². The van der Waals surface area contributed by atoms with E-state index in [2.05, 4.69) is 15.9 Å². The Labute approximate surface area is 132 Å². The van der Waals surface area contributed by atoms with Crippen molar-refractivity contribution in [2.45, 2.75) is 13.8 Å². The molecule has 0 radical (unpaired) electrons. The van der Waals surface area contributed by atoms with E-state index in [0.29, 0.717) is 33.7 Å². The van der Waals surface area contributed by atoms with Gasteiger partial charge in [0.05, 0.1) is 0 Å². The summed E-state index contributed by atoms with van der Waals surface area (Å²) in [5.74, 6) is 1.31. The minimum Gasteiger partial charge on any atom is -0.364 e. The molecule has 5 nitrogen and oxygen atoms in total. The van der Waals surface area contributed by atoms with Crippen molar-refractivity contribution in [3.05, 3.63) is 53.0 Å². The third kappa shape index (κ3) is 2.23. The number of halogens is 1. The van der Waals surface area contributed by atoms with Crippen LogP contribution in [0.4, 0.5) is 4.39 Å². The Morgan fingerprint density at radius 2 is 2.13 bits per heavy atom. The van der Waals surface area contributed by atoms with E-state index in [4.69, 9.17) is 12.2 Å². The molecule has 0 aliphatic heterocycles. The van der Waals surface area contributed by atoms with Gasteiger partial charge in [-0.2, -0.15) is 0 Å². The van der Waals surface area contributed by atoms with Crippen LogP contribution in [0.1, 0.15) is 27.4 Å². The van der Waals surface area contributed by atoms with Gasteiger partial charge in [0.2, 0.25) is 0 Å². The Bertz CT molecular complexity index is 998. The molecule has 0 unspecified atom stereocenters. The molecule has 3 rings (SSSR count). The summed E-state index contributed by atoms with van der Waals surface area (Å²) in [6.45, 7) is 3.55. The number of carbonyl (C=O) groups is 1. The van der Waals surface area contributed by atoms with Gasteiger partial charge in [-0.15, -0.1) is 6.42 Å². The number of nitrogens with two attached hydrogens (primary N) is 1. The third-order valence-corrected chi connectivity index (χ3v) is 3.74. The first-order valence-electron chi connectivity index (χ1n) is 6.84. The highest BCUT2D eigenvalue weighted by Gasteiger charge is 2.19. The largest absolute Gasteiger partial charge is 0.364 e. The van der Waals surface area contributed by atoms with E-state index in [-0.39, 0.29) is 5.69 Å². The Hall–Kier alpha value is -3.20. The van der Waals surface area contributed by atoms with Crippen molar-refractivity contribution >= 4 is 11.6 Å². The number of aromatic nitrogens is 3. The highest BCUT2D eigenvalue weighted by Crippen LogP contribution is 2.30. The second kappa shape index (κ2) is 5.21. The maximum absolute atomic E-state index is 14.4. The lowest BCUT2D eigenvalue weighted by molar-refractivity contribution is 0.0997. The fourth-order valence-corrected chi connectivity index (χ4v) is 2.66. The topological polar surface area (TPSA) is 73.3 Å². The maximum Gasteiger partial charge on any atom is 0.271 e. The molecular formula is C17H13FN4O. The molecule has 2 heterocycles. The van der Waals surface area contributed by atoms with Gasteiger partial charge in [0.25, 0.3) is 5.91 Å². The fourth-order valence-electron chi connectivity index (χ4n) is 2.66. The average molecular weight is 308 g/mol. The molecular weight excluding hydrogens is 295 g/mol. The van der Waals surface area contributed by atoms with E-state index in [1.165, 1.54) is 12.4 Å². The number of imidazole rings is 1. The van der Waals surface area contributed by atoms with Crippen molar-refractivity contribution in [1.29, 1.82) is 0 Å². The van der Waals surface area contributed by atoms with Crippen molar-refractivity contribution < 1.29 is 9.18 Å². The maximum atomic E-state index is 14.4. The van der Waals surface area contributed by atoms with E-state index in [0.717, 1.165) is 0 Å². The van der Waals surface area contributed by atoms with Crippen molar-refractivity contribution in [2.75, 3.05) is 0 Å². The van der Waals surface area contributed by atoms with Gasteiger partial charge in [0.1, 0.15) is 12.1 Å². The summed E-state index contributed by atoms with van der Waals surface area (Å²) in [6.07, 6.45) is 6.74. The molecule has 0 atom stereocenters. The fraction of sp³-hybridized carbons (Fsp3) is 0.118. The minimum atomic E-state index is -0.656. The van der Waals surface area contributed by atoms with Gasteiger partial charge >= 0.3 is 0 Å². The number of rotatable bonds is 2. The molecule has 0 spiro atoms. The summed E-state index contributed by atoms with van der Waals surface area (Å²) < 4.78 is 16.0. The van der Waals surface area contributed by atoms with Crippen LogP contribution in [0.15, 0.2) is 24.5 Å². The molecule has 23 heavy (non-hydrogen) atoms. The molecule has 0 aliphatic rings. The predicted octanol–water partition coefficient (Wildman–Crippen LogP) is 2.23. The highest BCUT2D eigenvalue weighted by atomic mass is 19.1. The number of nitrogens with zero attached hydrogens (tertiary/aromatic N) is 3. The number of hydrogen-bond acceptors (Lipinski definition) is 3. The van der Waals surface area contributed by atoms with Crippen LogP contribution in [0.25, 0.3) is 16.8 Å². The zero-order valence-electron chi connectivity index (χ0n) is 12.6. The molecule has 114 valence electrons. The monoisotopic (exact) mass is 308 g/mol. The van der Waals surface area contributed by atoms with Crippen LogP contribution in [0.3, 0.4) is 0 Å². The SMILES string of the molecule is C#Cc1ccc(-c2c(C)nc3c(C(N)=O)ncn3c2C)c(F)c1. The number of fused-ring (bicyclic) bond motifs is 1. The van der Waals surface area contributed by atoms with E-state index in [9.17, 15) is 9.18 Å². The van der Waals surface area contributed by atoms with E-state index >= 15 is 0 Å². The van der Waals surface area contributed by atoms with Crippen LogP contribution in [-0.2, 0) is 0 Å². The van der Waals surface area contributed by atoms with Crippen LogP contribution >= 0.6 is 0 Å². The molecule has 0 bridgehead atoms. The predicted molar refractivity (Wildman–Crippen MR) is 84.3 cm³/mol. The lowest BCUT2D eigenvalue weighted by atomic mass is 10.0. The van der Waals surface area contributed by atoms with Gasteiger partial charge in [0.15, 0.2) is 11.3 Å². The van der Waals surface area contributed by atoms with E-state index in [1.54, 1.807) is 30.4 Å². The molecule has 1 aromatic carbocycles. The van der Waals surface area contributed by atoms with Crippen LogP contribution in [0.5, 0.6) is 0 Å². The number of carbonyl (C=O) groups excluding carboxylic acids is 1. The van der Waals surface area contributed by atoms with Crippen LogP contribution in [0, 0.1) is 32.0 Å². The van der Waals surface area contributed by atoms with Gasteiger partial charge in [-0.05, 0) is 26.0 Å². The van der Waals surface area contributed by atoms with Crippen molar-refractivity contribution in [3.63, 3.8) is 0 Å². The minimum absolute atomic E-state index is 0.0888. The first kappa shape index (κ1) is 14.7. The average Bonchev–Trinajstić information content (AvgIpc) is 2.92. The number of amides is 1. The molecule has 3 aromatic rings. The Morgan fingerprint density at radius 3 is 2.74 bits per heavy atom. The van der Waals surface area contributed by atoms with Gasteiger partial charge in [-0.1, -0.05) is 12.0 Å². The Morgan fingerprint density at radius 1 is 1.39 bits per heavy atom. The van der Waals surface area contributed by atoms with Gasteiger partial charge in [-0.25, -0.2) is 14.4 Å². The lowest BCUT2D eigenvalue weighted by Crippen LogP contribution is -2.13. The van der Waals surface area contributed by atoms with Gasteiger partial charge < -0.3 is 5.73 Å². The normalized spacial score (nSPS) is 10.7. The standard InChI is InChI=1S/C17H13FN4O/c1-4-11-5-6-12(13(18)7-11)14-9(2)21-17-15(16(19)23)20-8-22(17)10(14)3/h1,5-8H,2-3H3,(H2,19,23). The number of hydrogen-bond donors (Lipinski definition) is 1. The van der Waals surface area contributed by atoms with Crippen molar-refractivity contribution in [2.24, 2.45) is 5.73 Å². The Balaban J connectivity index is 2.31. The summed E-state index contributed by atoms with van der Waals surface area (Å²) in [5, 5.41) is 0. The third-order valence-electron chi connectivity index (χ3n) is 3.74. The first-order valence-corrected chi connectivity index (χ1v) is 6.84. The van der Waals surface area contributed by atoms with E-state index in [1.807, 2.05) is 0 Å². The quantitative estimate of drug-likeness (QED) is 0.738. The number of benzene rings is 1. The second-order valence-electron chi connectivity index (χ2n) is 5.15. The van der Waals surface area contributed by atoms with E-state index < -0.39 is 11.7 Å². The first-order chi connectivity index (χ1) is 10.9. The molecule has 1 amide bonds. The smallest absolute Gasteiger partial charge is 0.271 e. The summed E-state index contributed by atoms with van der Waals surface area (Å²) >= 11 is 0. The molecule has 2 N–H and O–H groups in total. The summed E-state index contributed by atoms with van der Waals surface area (Å²) in [7, 11) is 0. The van der Waals surface area contributed by atoms with Gasteiger partial charge in [-0.3, -0.25) is 9.20 Å². The highest BCUT2D eigenvalue weighted by molar-refractivity contribution is 5.97. The van der Waals surface area contributed by atoms with Crippen molar-refractivity contribution in [3.8, 4) is 23.5 Å². The number of aryl methyl sites for hydroxylation is 2. The molecule has 0 fully saturated rings. The second-order valence-corrected chi connectivity index (χ2v) is 5.15. The van der Waals surface area contributed by atoms with Crippen LogP contribution < -0.4 is 5.73 Å². The molecule has 0 saturated heterocycles. The van der Waals surface area contributed by atoms with Crippen LogP contribution in [-0.4, -0.2) is 20.3 Å². The summed E-state index contributed by atoms with van der Waals surface area (Å²) in [4.78, 5) is 19.8. The lowest BCUT2D eigenvalue weighted by Gasteiger charge is -2.13. The summed E-state index contributed by atoms with van der Waals surface area (Å²) in [5.41, 5.74) is 8.52. The number of terminal acetylenes is 1. The molecule has 6 heteroatoms. The molecule has 0 aliphatic carbocycles. The Kier molecular flexibility index (Phi) is 3.34. The number of primary amides is 1. The van der Waals surface area contributed by atoms with Crippen molar-refractivity contribution in [1.82, 2.24) is 14.4 Å². The molecule has 0 saturated carbocycles.